The molecule has 0 bridgehead atoms. The normalized spacial score (nSPS) is 12.7. The number of halogens is 1. The summed E-state index contributed by atoms with van der Waals surface area (Å²) >= 11 is 0. The van der Waals surface area contributed by atoms with Crippen molar-refractivity contribution in [2.24, 2.45) is 0 Å². The summed E-state index contributed by atoms with van der Waals surface area (Å²) in [6.07, 6.45) is 1.33. The molecule has 0 saturated carbocycles. The summed E-state index contributed by atoms with van der Waals surface area (Å²) in [6, 6.07) is 3.83. The molecule has 0 heterocycles. The SMILES string of the molecule is CCC(C)(CC)NS(=O)(=O)c1cc(F)ccc1CNC. The average molecular weight is 302 g/mol. The van der Waals surface area contributed by atoms with E-state index in [4.69, 9.17) is 0 Å². The van der Waals surface area contributed by atoms with E-state index in [1.165, 1.54) is 12.1 Å². The van der Waals surface area contributed by atoms with Crippen molar-refractivity contribution in [2.75, 3.05) is 7.05 Å². The van der Waals surface area contributed by atoms with E-state index in [2.05, 4.69) is 10.0 Å². The Morgan fingerprint density at radius 3 is 2.35 bits per heavy atom. The van der Waals surface area contributed by atoms with E-state index < -0.39 is 21.4 Å². The van der Waals surface area contributed by atoms with Gasteiger partial charge in [-0.1, -0.05) is 19.9 Å². The molecule has 0 atom stereocenters. The Morgan fingerprint density at radius 2 is 1.85 bits per heavy atom. The molecule has 0 aliphatic rings. The lowest BCUT2D eigenvalue weighted by Crippen LogP contribution is -2.45. The van der Waals surface area contributed by atoms with Gasteiger partial charge in [-0.25, -0.2) is 17.5 Å². The van der Waals surface area contributed by atoms with E-state index in [0.717, 1.165) is 6.07 Å². The molecule has 6 heteroatoms. The molecule has 0 aromatic heterocycles. The van der Waals surface area contributed by atoms with Crippen LogP contribution in [0.2, 0.25) is 0 Å². The number of sulfonamides is 1. The van der Waals surface area contributed by atoms with Gasteiger partial charge in [0.05, 0.1) is 4.90 Å². The smallest absolute Gasteiger partial charge is 0.241 e. The van der Waals surface area contributed by atoms with Crippen LogP contribution >= 0.6 is 0 Å². The highest BCUT2D eigenvalue weighted by Crippen LogP contribution is 2.22. The lowest BCUT2D eigenvalue weighted by atomic mass is 9.98. The molecule has 0 unspecified atom stereocenters. The molecule has 0 aliphatic carbocycles. The molecule has 0 radical (unpaired) electrons. The van der Waals surface area contributed by atoms with Crippen molar-refractivity contribution >= 4 is 10.0 Å². The molecular formula is C14H23FN2O2S. The molecule has 0 saturated heterocycles. The van der Waals surface area contributed by atoms with Crippen molar-refractivity contribution in [1.29, 1.82) is 0 Å². The fourth-order valence-electron chi connectivity index (χ4n) is 1.89. The molecular weight excluding hydrogens is 279 g/mol. The Hall–Kier alpha value is -0.980. The molecule has 114 valence electrons. The Bertz CT molecular complexity index is 554. The molecule has 0 amide bonds. The topological polar surface area (TPSA) is 58.2 Å². The maximum absolute atomic E-state index is 13.4. The van der Waals surface area contributed by atoms with Crippen LogP contribution in [0.15, 0.2) is 23.1 Å². The van der Waals surface area contributed by atoms with Crippen LogP contribution in [0, 0.1) is 5.82 Å². The van der Waals surface area contributed by atoms with Crippen molar-refractivity contribution in [2.45, 2.75) is 50.6 Å². The van der Waals surface area contributed by atoms with Gasteiger partial charge in [0.15, 0.2) is 0 Å². The first-order chi connectivity index (χ1) is 9.28. The van der Waals surface area contributed by atoms with Crippen LogP contribution < -0.4 is 10.0 Å². The maximum atomic E-state index is 13.4. The summed E-state index contributed by atoms with van der Waals surface area (Å²) < 4.78 is 41.1. The Kier molecular flexibility index (Phi) is 5.68. The van der Waals surface area contributed by atoms with Crippen LogP contribution in [-0.2, 0) is 16.6 Å². The summed E-state index contributed by atoms with van der Waals surface area (Å²) in [5.41, 5.74) is 0.0261. The number of hydrogen-bond donors (Lipinski definition) is 2. The molecule has 0 fully saturated rings. The highest BCUT2D eigenvalue weighted by molar-refractivity contribution is 7.89. The standard InChI is InChI=1S/C14H23FN2O2S/c1-5-14(3,6-2)17-20(18,19)13-9-12(15)8-7-11(13)10-16-4/h7-9,16-17H,5-6,10H2,1-4H3. The van der Waals surface area contributed by atoms with Crippen LogP contribution in [0.4, 0.5) is 4.39 Å². The van der Waals surface area contributed by atoms with E-state index >= 15 is 0 Å². The summed E-state index contributed by atoms with van der Waals surface area (Å²) in [7, 11) is -2.03. The number of rotatable bonds is 7. The van der Waals surface area contributed by atoms with Gasteiger partial charge in [0, 0.05) is 12.1 Å². The molecule has 2 N–H and O–H groups in total. The van der Waals surface area contributed by atoms with Crippen molar-refractivity contribution in [3.05, 3.63) is 29.6 Å². The Balaban J connectivity index is 3.24. The summed E-state index contributed by atoms with van der Waals surface area (Å²) in [4.78, 5) is -0.0000231. The second-order valence-corrected chi connectivity index (χ2v) is 6.81. The van der Waals surface area contributed by atoms with Crippen molar-refractivity contribution in [3.8, 4) is 0 Å². The third kappa shape index (κ3) is 4.01. The first-order valence-corrected chi connectivity index (χ1v) is 8.23. The van der Waals surface area contributed by atoms with E-state index in [1.807, 2.05) is 20.8 Å². The zero-order valence-corrected chi connectivity index (χ0v) is 13.3. The minimum atomic E-state index is -3.75. The van der Waals surface area contributed by atoms with Crippen molar-refractivity contribution < 1.29 is 12.8 Å². The van der Waals surface area contributed by atoms with E-state index in [0.29, 0.717) is 24.9 Å². The van der Waals surface area contributed by atoms with Gasteiger partial charge in [-0.3, -0.25) is 0 Å². The highest BCUT2D eigenvalue weighted by atomic mass is 32.2. The van der Waals surface area contributed by atoms with Gasteiger partial charge in [-0.2, -0.15) is 0 Å². The minimum absolute atomic E-state index is 0.0000231. The maximum Gasteiger partial charge on any atom is 0.241 e. The second kappa shape index (κ2) is 6.65. The zero-order valence-electron chi connectivity index (χ0n) is 12.5. The molecule has 20 heavy (non-hydrogen) atoms. The third-order valence-electron chi connectivity index (χ3n) is 3.63. The predicted octanol–water partition coefficient (Wildman–Crippen LogP) is 2.40. The fourth-order valence-corrected chi connectivity index (χ4v) is 3.69. The summed E-state index contributed by atoms with van der Waals surface area (Å²) in [5, 5.41) is 2.89. The van der Waals surface area contributed by atoms with Gasteiger partial charge in [-0.15, -0.1) is 0 Å². The Labute approximate surface area is 120 Å². The van der Waals surface area contributed by atoms with Crippen LogP contribution in [0.3, 0.4) is 0 Å². The van der Waals surface area contributed by atoms with E-state index in [1.54, 1.807) is 7.05 Å². The van der Waals surface area contributed by atoms with Crippen LogP contribution in [-0.4, -0.2) is 21.0 Å². The first-order valence-electron chi connectivity index (χ1n) is 6.75. The minimum Gasteiger partial charge on any atom is -0.316 e. The predicted molar refractivity (Wildman–Crippen MR) is 78.5 cm³/mol. The first kappa shape index (κ1) is 17.1. The van der Waals surface area contributed by atoms with Gasteiger partial charge in [0.2, 0.25) is 10.0 Å². The number of benzene rings is 1. The largest absolute Gasteiger partial charge is 0.316 e. The van der Waals surface area contributed by atoms with Gasteiger partial charge < -0.3 is 5.32 Å². The lowest BCUT2D eigenvalue weighted by Gasteiger charge is -2.28. The molecule has 1 rings (SSSR count). The zero-order chi connectivity index (χ0) is 15.4. The average Bonchev–Trinajstić information content (AvgIpc) is 2.40. The molecule has 0 spiro atoms. The van der Waals surface area contributed by atoms with Gasteiger partial charge in [0.1, 0.15) is 5.82 Å². The van der Waals surface area contributed by atoms with Gasteiger partial charge >= 0.3 is 0 Å². The number of nitrogens with one attached hydrogen (secondary N) is 2. The van der Waals surface area contributed by atoms with Crippen LogP contribution in [0.5, 0.6) is 0 Å². The third-order valence-corrected chi connectivity index (χ3v) is 5.35. The quantitative estimate of drug-likeness (QED) is 0.813. The summed E-state index contributed by atoms with van der Waals surface area (Å²) in [5.74, 6) is -0.556. The van der Waals surface area contributed by atoms with E-state index in [-0.39, 0.29) is 4.90 Å². The second-order valence-electron chi connectivity index (χ2n) is 5.16. The highest BCUT2D eigenvalue weighted by Gasteiger charge is 2.29. The fraction of sp³-hybridized carbons (Fsp3) is 0.571. The summed E-state index contributed by atoms with van der Waals surface area (Å²) in [6.45, 7) is 6.06. The van der Waals surface area contributed by atoms with E-state index in [9.17, 15) is 12.8 Å². The van der Waals surface area contributed by atoms with Crippen molar-refractivity contribution in [3.63, 3.8) is 0 Å². The lowest BCUT2D eigenvalue weighted by molar-refractivity contribution is 0.388. The monoisotopic (exact) mass is 302 g/mol. The van der Waals surface area contributed by atoms with Crippen LogP contribution in [0.1, 0.15) is 39.2 Å². The molecule has 1 aromatic carbocycles. The van der Waals surface area contributed by atoms with Gasteiger partial charge in [-0.05, 0) is 44.5 Å². The Morgan fingerprint density at radius 1 is 1.25 bits per heavy atom. The molecule has 0 aliphatic heterocycles. The van der Waals surface area contributed by atoms with Crippen LogP contribution in [0.25, 0.3) is 0 Å². The number of hydrogen-bond acceptors (Lipinski definition) is 3. The molecule has 1 aromatic rings. The van der Waals surface area contributed by atoms with Crippen molar-refractivity contribution in [1.82, 2.24) is 10.0 Å². The van der Waals surface area contributed by atoms with Gasteiger partial charge in [0.25, 0.3) is 0 Å². The molecule has 4 nitrogen and oxygen atoms in total.